The molecule has 2 aromatic heterocycles. The number of allylic oxidation sites excluding steroid dienone is 1. The predicted molar refractivity (Wildman–Crippen MR) is 148 cm³/mol. The third kappa shape index (κ3) is 4.80. The van der Waals surface area contributed by atoms with Crippen LogP contribution in [0.3, 0.4) is 0 Å². The summed E-state index contributed by atoms with van der Waals surface area (Å²) >= 11 is 3.36. The van der Waals surface area contributed by atoms with Gasteiger partial charge in [-0.2, -0.15) is 0 Å². The Morgan fingerprint density at radius 1 is 1.17 bits per heavy atom. The number of benzene rings is 2. The Balaban J connectivity index is 1.66. The van der Waals surface area contributed by atoms with Gasteiger partial charge in [0.25, 0.3) is 11.5 Å². The van der Waals surface area contributed by atoms with Crippen molar-refractivity contribution in [2.24, 2.45) is 4.99 Å². The number of nitrogens with zero attached hydrogens (tertiary/aromatic N) is 2. The lowest BCUT2D eigenvalue weighted by atomic mass is 9.95. The summed E-state index contributed by atoms with van der Waals surface area (Å²) in [5.41, 5.74) is 2.18. The predicted octanol–water partition coefficient (Wildman–Crippen LogP) is 4.47. The summed E-state index contributed by atoms with van der Waals surface area (Å²) in [4.78, 5) is 32.4. The number of fused-ring (bicyclic) bond motifs is 1. The van der Waals surface area contributed by atoms with Crippen LogP contribution in [0.25, 0.3) is 6.08 Å². The fourth-order valence-electron chi connectivity index (χ4n) is 4.10. The maximum absolute atomic E-state index is 13.7. The van der Waals surface area contributed by atoms with Crippen LogP contribution < -0.4 is 24.9 Å². The molecule has 0 saturated heterocycles. The van der Waals surface area contributed by atoms with Gasteiger partial charge in [0.05, 0.1) is 28.5 Å². The van der Waals surface area contributed by atoms with Crippen molar-refractivity contribution in [3.63, 3.8) is 0 Å². The van der Waals surface area contributed by atoms with Crippen molar-refractivity contribution in [3.8, 4) is 5.75 Å². The van der Waals surface area contributed by atoms with Gasteiger partial charge in [-0.15, -0.1) is 0 Å². The van der Waals surface area contributed by atoms with Crippen LogP contribution >= 0.6 is 33.9 Å². The number of halogens is 1. The van der Waals surface area contributed by atoms with Gasteiger partial charge < -0.3 is 14.5 Å². The zero-order valence-corrected chi connectivity index (χ0v) is 22.5. The normalized spacial score (nSPS) is 15.4. The molecule has 0 unspecified atom stereocenters. The van der Waals surface area contributed by atoms with Crippen LogP contribution in [0, 0.1) is 3.77 Å². The fraction of sp³-hybridized carbons (Fsp3) is 0.148. The molecule has 2 aromatic carbocycles. The van der Waals surface area contributed by atoms with E-state index in [0.717, 1.165) is 15.1 Å². The average molecular weight is 611 g/mol. The molecular weight excluding hydrogens is 589 g/mol. The van der Waals surface area contributed by atoms with Crippen LogP contribution in [0.2, 0.25) is 0 Å². The second-order valence-corrected chi connectivity index (χ2v) is 10.1. The molecule has 0 fully saturated rings. The van der Waals surface area contributed by atoms with Gasteiger partial charge in [0.1, 0.15) is 11.5 Å². The lowest BCUT2D eigenvalue weighted by molar-refractivity contribution is -0.113. The zero-order chi connectivity index (χ0) is 25.2. The number of rotatable bonds is 6. The van der Waals surface area contributed by atoms with Crippen LogP contribution in [0.15, 0.2) is 92.2 Å². The number of nitrogens with one attached hydrogen (secondary N) is 1. The first-order valence-corrected chi connectivity index (χ1v) is 13.2. The number of anilines is 1. The third-order valence-electron chi connectivity index (χ3n) is 5.67. The number of thiazole rings is 1. The number of ether oxygens (including phenoxy) is 1. The number of carbonyl (C=O) groups excluding carboxylic acids is 1. The van der Waals surface area contributed by atoms with Crippen molar-refractivity contribution >= 4 is 51.6 Å². The average Bonchev–Trinajstić information content (AvgIpc) is 3.41. The highest BCUT2D eigenvalue weighted by atomic mass is 127. The molecule has 5 rings (SSSR count). The minimum absolute atomic E-state index is 0.235. The van der Waals surface area contributed by atoms with Gasteiger partial charge in [0.2, 0.25) is 0 Å². The van der Waals surface area contributed by atoms with Gasteiger partial charge in [-0.05, 0) is 78.4 Å². The van der Waals surface area contributed by atoms with Crippen molar-refractivity contribution < 1.29 is 13.9 Å². The molecule has 3 heterocycles. The van der Waals surface area contributed by atoms with E-state index in [9.17, 15) is 9.59 Å². The smallest absolute Gasteiger partial charge is 0.271 e. The minimum atomic E-state index is -0.653. The lowest BCUT2D eigenvalue weighted by Crippen LogP contribution is -2.40. The highest BCUT2D eigenvalue weighted by Crippen LogP contribution is 2.31. The molecule has 36 heavy (non-hydrogen) atoms. The standard InChI is InChI=1S/C27H22IN3O4S/c1-3-34-19-11-9-17(10-12-19)24-23(25(32)30-18-7-5-4-6-8-18)16(2)29-27-31(24)26(33)21(36-27)15-20-13-14-22(28)35-20/h4-15,24H,3H2,1-2H3,(H,30,32)/b21-15-/t24-/m0/s1. The van der Waals surface area contributed by atoms with E-state index in [1.165, 1.54) is 11.3 Å². The molecule has 1 aliphatic heterocycles. The number of hydrogen-bond donors (Lipinski definition) is 1. The first-order valence-electron chi connectivity index (χ1n) is 11.3. The Morgan fingerprint density at radius 3 is 2.58 bits per heavy atom. The topological polar surface area (TPSA) is 85.8 Å². The fourth-order valence-corrected chi connectivity index (χ4v) is 5.56. The van der Waals surface area contributed by atoms with Gasteiger partial charge in [-0.1, -0.05) is 41.7 Å². The molecule has 0 aliphatic carbocycles. The Bertz CT molecular complexity index is 1630. The highest BCUT2D eigenvalue weighted by molar-refractivity contribution is 14.1. The molecule has 9 heteroatoms. The maximum Gasteiger partial charge on any atom is 0.271 e. The van der Waals surface area contributed by atoms with Gasteiger partial charge >= 0.3 is 0 Å². The number of hydrogen-bond acceptors (Lipinski definition) is 6. The van der Waals surface area contributed by atoms with Gasteiger partial charge in [0.15, 0.2) is 8.57 Å². The van der Waals surface area contributed by atoms with E-state index in [-0.39, 0.29) is 11.5 Å². The van der Waals surface area contributed by atoms with E-state index in [2.05, 4.69) is 32.9 Å². The molecule has 0 bridgehead atoms. The highest BCUT2D eigenvalue weighted by Gasteiger charge is 2.32. The Morgan fingerprint density at radius 2 is 1.92 bits per heavy atom. The quantitative estimate of drug-likeness (QED) is 0.326. The van der Waals surface area contributed by atoms with Crippen LogP contribution in [0.5, 0.6) is 5.75 Å². The van der Waals surface area contributed by atoms with E-state index in [0.29, 0.717) is 38.7 Å². The lowest BCUT2D eigenvalue weighted by Gasteiger charge is -2.25. The first-order chi connectivity index (χ1) is 17.4. The molecule has 1 aliphatic rings. The van der Waals surface area contributed by atoms with Crippen LogP contribution in [0.1, 0.15) is 31.2 Å². The Labute approximate surface area is 224 Å². The van der Waals surface area contributed by atoms with Gasteiger partial charge in [-0.3, -0.25) is 14.2 Å². The van der Waals surface area contributed by atoms with Crippen molar-refractivity contribution in [2.75, 3.05) is 11.9 Å². The van der Waals surface area contributed by atoms with E-state index in [1.807, 2.05) is 73.7 Å². The second-order valence-electron chi connectivity index (χ2n) is 8.05. The summed E-state index contributed by atoms with van der Waals surface area (Å²) in [5.74, 6) is 0.994. The first kappa shape index (κ1) is 24.3. The van der Waals surface area contributed by atoms with Gasteiger partial charge in [-0.25, -0.2) is 4.99 Å². The molecule has 4 aromatic rings. The van der Waals surface area contributed by atoms with E-state index in [1.54, 1.807) is 17.6 Å². The number of aromatic nitrogens is 1. The number of amides is 1. The summed E-state index contributed by atoms with van der Waals surface area (Å²) in [6, 6.07) is 19.7. The van der Waals surface area contributed by atoms with Crippen molar-refractivity contribution in [1.82, 2.24) is 4.57 Å². The summed E-state index contributed by atoms with van der Waals surface area (Å²) < 4.78 is 14.0. The van der Waals surface area contributed by atoms with Crippen LogP contribution in [0.4, 0.5) is 5.69 Å². The number of carbonyl (C=O) groups is 1. The molecule has 0 spiro atoms. The SMILES string of the molecule is CCOc1ccc([C@H]2C(C(=O)Nc3ccccc3)=C(C)N=c3s/c(=C\c4ccc(I)o4)c(=O)n32)cc1. The summed E-state index contributed by atoms with van der Waals surface area (Å²) in [5, 5.41) is 2.96. The van der Waals surface area contributed by atoms with E-state index >= 15 is 0 Å². The molecule has 0 saturated carbocycles. The second kappa shape index (κ2) is 10.3. The Hall–Kier alpha value is -3.44. The summed E-state index contributed by atoms with van der Waals surface area (Å²) in [7, 11) is 0. The monoisotopic (exact) mass is 611 g/mol. The molecule has 7 nitrogen and oxygen atoms in total. The number of furan rings is 1. The van der Waals surface area contributed by atoms with Gasteiger partial charge in [0, 0.05) is 11.8 Å². The zero-order valence-electron chi connectivity index (χ0n) is 19.5. The third-order valence-corrected chi connectivity index (χ3v) is 7.23. The molecule has 1 N–H and O–H groups in total. The molecular formula is C27H22IN3O4S. The maximum atomic E-state index is 13.7. The van der Waals surface area contributed by atoms with E-state index in [4.69, 9.17) is 9.15 Å². The summed E-state index contributed by atoms with van der Waals surface area (Å²) in [6.07, 6.45) is 1.71. The van der Waals surface area contributed by atoms with Crippen molar-refractivity contribution in [2.45, 2.75) is 19.9 Å². The summed E-state index contributed by atoms with van der Waals surface area (Å²) in [6.45, 7) is 4.27. The largest absolute Gasteiger partial charge is 0.494 e. The minimum Gasteiger partial charge on any atom is -0.494 e. The molecule has 1 amide bonds. The molecule has 1 atom stereocenters. The van der Waals surface area contributed by atoms with Crippen LogP contribution in [-0.2, 0) is 4.79 Å². The molecule has 0 radical (unpaired) electrons. The van der Waals surface area contributed by atoms with Crippen molar-refractivity contribution in [3.05, 3.63) is 113 Å². The number of para-hydroxylation sites is 1. The Kier molecular flexibility index (Phi) is 6.92. The van der Waals surface area contributed by atoms with Crippen LogP contribution in [-0.4, -0.2) is 17.1 Å². The van der Waals surface area contributed by atoms with Crippen molar-refractivity contribution in [1.29, 1.82) is 0 Å². The van der Waals surface area contributed by atoms with E-state index < -0.39 is 6.04 Å². The molecule has 182 valence electrons.